The lowest BCUT2D eigenvalue weighted by atomic mass is 10.0. The van der Waals surface area contributed by atoms with Crippen molar-refractivity contribution in [2.45, 2.75) is 418 Å². The molecule has 0 rings (SSSR count). The van der Waals surface area contributed by atoms with Crippen LogP contribution in [0.15, 0.2) is 36.5 Å². The van der Waals surface area contributed by atoms with E-state index in [-0.39, 0.29) is 18.5 Å². The van der Waals surface area contributed by atoms with Crippen LogP contribution in [0.1, 0.15) is 406 Å². The van der Waals surface area contributed by atoms with Gasteiger partial charge in [0.2, 0.25) is 5.91 Å². The smallest absolute Gasteiger partial charge is 0.305 e. The lowest BCUT2D eigenvalue weighted by Crippen LogP contribution is -2.45. The molecule has 0 saturated heterocycles. The summed E-state index contributed by atoms with van der Waals surface area (Å²) in [6.45, 7) is 4.93. The third-order valence-corrected chi connectivity index (χ3v) is 17.1. The molecule has 6 heteroatoms. The summed E-state index contributed by atoms with van der Waals surface area (Å²) < 4.78 is 5.49. The number of esters is 1. The second-order valence-corrected chi connectivity index (χ2v) is 25.3. The van der Waals surface area contributed by atoms with Gasteiger partial charge in [-0.05, 0) is 83.5 Å². The Kier molecular flexibility index (Phi) is 68.9. The number of aliphatic hydroxyl groups excluding tert-OH is 2. The van der Waals surface area contributed by atoms with Gasteiger partial charge in [-0.2, -0.15) is 0 Å². The second-order valence-electron chi connectivity index (χ2n) is 25.3. The number of hydrogen-bond donors (Lipinski definition) is 3. The van der Waals surface area contributed by atoms with E-state index in [0.29, 0.717) is 19.4 Å². The molecule has 0 spiro atoms. The number of rotatable bonds is 69. The van der Waals surface area contributed by atoms with Crippen molar-refractivity contribution >= 4 is 11.9 Å². The molecule has 1 amide bonds. The van der Waals surface area contributed by atoms with E-state index >= 15 is 0 Å². The Bertz CT molecular complexity index is 1310. The highest BCUT2D eigenvalue weighted by molar-refractivity contribution is 5.76. The van der Waals surface area contributed by atoms with Crippen LogP contribution in [0.4, 0.5) is 0 Å². The molecular weight excluding hydrogens is 995 g/mol. The Balaban J connectivity index is 3.44. The number of unbranched alkanes of at least 4 members (excludes halogenated alkanes) is 54. The van der Waals surface area contributed by atoms with Gasteiger partial charge in [0.15, 0.2) is 0 Å². The zero-order valence-electron chi connectivity index (χ0n) is 54.8. The van der Waals surface area contributed by atoms with Crippen molar-refractivity contribution in [1.29, 1.82) is 0 Å². The summed E-state index contributed by atoms with van der Waals surface area (Å²) in [5.74, 6) is -0.0659. The van der Waals surface area contributed by atoms with Gasteiger partial charge in [-0.15, -0.1) is 0 Å². The van der Waals surface area contributed by atoms with Crippen molar-refractivity contribution in [3.8, 4) is 0 Å². The predicted molar refractivity (Wildman–Crippen MR) is 356 cm³/mol. The molecule has 2 atom stereocenters. The molecule has 0 aliphatic carbocycles. The Hall–Kier alpha value is -1.92. The highest BCUT2D eigenvalue weighted by atomic mass is 16.5. The van der Waals surface area contributed by atoms with E-state index in [0.717, 1.165) is 51.4 Å². The maximum atomic E-state index is 12.5. The first-order chi connectivity index (χ1) is 40.0. The molecule has 0 aromatic rings. The number of amides is 1. The van der Waals surface area contributed by atoms with Crippen molar-refractivity contribution in [2.75, 3.05) is 13.2 Å². The van der Waals surface area contributed by atoms with Gasteiger partial charge in [-0.3, -0.25) is 9.59 Å². The molecular formula is C75H143NO5. The fourth-order valence-corrected chi connectivity index (χ4v) is 11.5. The second kappa shape index (κ2) is 70.6. The fraction of sp³-hybridized carbons (Fsp3) is 0.893. The molecule has 0 aromatic heterocycles. The molecule has 0 radical (unpaired) electrons. The van der Waals surface area contributed by atoms with Gasteiger partial charge in [0.1, 0.15) is 0 Å². The molecule has 478 valence electrons. The minimum absolute atomic E-state index is 0.00432. The number of ether oxygens (including phenoxy) is 1. The zero-order valence-corrected chi connectivity index (χ0v) is 54.8. The SMILES string of the molecule is CCCCCCCCC/C=C\CCCCCCCC(=O)OCCCCCCCCCCCCCC/C=C\CCCCCCCCCC(=O)NC(CO)C(O)/C=C/CCCCCCCCCCCCCCCCCCCCCCCCC. The maximum Gasteiger partial charge on any atom is 0.305 e. The van der Waals surface area contributed by atoms with E-state index in [2.05, 4.69) is 43.5 Å². The van der Waals surface area contributed by atoms with E-state index < -0.39 is 12.1 Å². The summed E-state index contributed by atoms with van der Waals surface area (Å²) in [7, 11) is 0. The van der Waals surface area contributed by atoms with E-state index in [9.17, 15) is 19.8 Å². The summed E-state index contributed by atoms with van der Waals surface area (Å²) in [5, 5.41) is 23.3. The number of carbonyl (C=O) groups excluding carboxylic acids is 2. The zero-order chi connectivity index (χ0) is 58.5. The first-order valence-corrected chi connectivity index (χ1v) is 36.8. The highest BCUT2D eigenvalue weighted by Crippen LogP contribution is 2.19. The summed E-state index contributed by atoms with van der Waals surface area (Å²) >= 11 is 0. The van der Waals surface area contributed by atoms with Crippen molar-refractivity contribution in [1.82, 2.24) is 5.32 Å². The quantitative estimate of drug-likeness (QED) is 0.0320. The third kappa shape index (κ3) is 67.1. The van der Waals surface area contributed by atoms with Crippen LogP contribution in [0.3, 0.4) is 0 Å². The van der Waals surface area contributed by atoms with Gasteiger partial charge in [0, 0.05) is 12.8 Å². The minimum atomic E-state index is -0.851. The minimum Gasteiger partial charge on any atom is -0.466 e. The van der Waals surface area contributed by atoms with Crippen LogP contribution in [-0.4, -0.2) is 47.4 Å². The molecule has 81 heavy (non-hydrogen) atoms. The van der Waals surface area contributed by atoms with Crippen molar-refractivity contribution < 1.29 is 24.5 Å². The Morgan fingerprint density at radius 3 is 0.877 bits per heavy atom. The molecule has 0 fully saturated rings. The van der Waals surface area contributed by atoms with Gasteiger partial charge in [0.05, 0.1) is 25.4 Å². The van der Waals surface area contributed by atoms with Crippen molar-refractivity contribution in [3.63, 3.8) is 0 Å². The number of carbonyl (C=O) groups is 2. The van der Waals surface area contributed by atoms with E-state index in [1.54, 1.807) is 6.08 Å². The van der Waals surface area contributed by atoms with Crippen molar-refractivity contribution in [3.05, 3.63) is 36.5 Å². The van der Waals surface area contributed by atoms with Crippen LogP contribution >= 0.6 is 0 Å². The van der Waals surface area contributed by atoms with Gasteiger partial charge >= 0.3 is 5.97 Å². The summed E-state index contributed by atoms with van der Waals surface area (Å²) in [5.41, 5.74) is 0. The highest BCUT2D eigenvalue weighted by Gasteiger charge is 2.18. The van der Waals surface area contributed by atoms with Crippen LogP contribution in [0.25, 0.3) is 0 Å². The van der Waals surface area contributed by atoms with Crippen LogP contribution in [0.5, 0.6) is 0 Å². The molecule has 6 nitrogen and oxygen atoms in total. The summed E-state index contributed by atoms with van der Waals surface area (Å²) in [4.78, 5) is 24.6. The van der Waals surface area contributed by atoms with Crippen LogP contribution in [0.2, 0.25) is 0 Å². The molecule has 0 saturated carbocycles. The molecule has 2 unspecified atom stereocenters. The van der Waals surface area contributed by atoms with Gasteiger partial charge in [0.25, 0.3) is 0 Å². The lowest BCUT2D eigenvalue weighted by Gasteiger charge is -2.20. The van der Waals surface area contributed by atoms with E-state index in [1.165, 1.54) is 327 Å². The van der Waals surface area contributed by atoms with Crippen molar-refractivity contribution in [2.24, 2.45) is 0 Å². The topological polar surface area (TPSA) is 95.9 Å². The first kappa shape index (κ1) is 79.1. The average Bonchev–Trinajstić information content (AvgIpc) is 3.47. The molecule has 0 heterocycles. The molecule has 3 N–H and O–H groups in total. The Morgan fingerprint density at radius 1 is 0.333 bits per heavy atom. The average molecular weight is 1140 g/mol. The summed E-state index contributed by atoms with van der Waals surface area (Å²) in [6, 6.07) is -0.635. The van der Waals surface area contributed by atoms with Crippen LogP contribution in [0, 0.1) is 0 Å². The standard InChI is InChI=1S/C75H143NO5/c1-3-5-7-9-11-13-15-17-19-21-22-23-24-25-27-30-33-36-39-43-47-51-55-59-63-67-73(78)72(71-77)76-74(79)68-64-60-56-52-48-44-40-37-34-31-28-26-29-32-35-38-42-46-50-54-58-62-66-70-81-75(80)69-65-61-57-53-49-45-41-20-18-16-14-12-10-8-6-4-2/h20,31,34,41,63,67,72-73,77-78H,3-19,21-30,32-33,35-40,42-62,64-66,68-71H2,1-2H3,(H,76,79)/b34-31-,41-20-,67-63+. The van der Waals surface area contributed by atoms with E-state index in [4.69, 9.17) is 4.74 Å². The molecule has 0 aromatic carbocycles. The predicted octanol–water partition coefficient (Wildman–Crippen LogP) is 23.9. The van der Waals surface area contributed by atoms with E-state index in [1.807, 2.05) is 6.08 Å². The van der Waals surface area contributed by atoms with Gasteiger partial charge in [-0.25, -0.2) is 0 Å². The van der Waals surface area contributed by atoms with Gasteiger partial charge in [-0.1, -0.05) is 346 Å². The fourth-order valence-electron chi connectivity index (χ4n) is 11.5. The van der Waals surface area contributed by atoms with Crippen LogP contribution < -0.4 is 5.32 Å². The number of hydrogen-bond acceptors (Lipinski definition) is 5. The molecule has 0 aliphatic rings. The monoisotopic (exact) mass is 1140 g/mol. The van der Waals surface area contributed by atoms with Gasteiger partial charge < -0.3 is 20.3 Å². The maximum absolute atomic E-state index is 12.5. The largest absolute Gasteiger partial charge is 0.466 e. The normalized spacial score (nSPS) is 12.7. The lowest BCUT2D eigenvalue weighted by molar-refractivity contribution is -0.143. The Labute approximate surface area is 506 Å². The number of allylic oxidation sites excluding steroid dienone is 5. The molecule has 0 aliphatic heterocycles. The van der Waals surface area contributed by atoms with Crippen LogP contribution in [-0.2, 0) is 14.3 Å². The summed E-state index contributed by atoms with van der Waals surface area (Å²) in [6.07, 6.45) is 90.9. The number of aliphatic hydroxyl groups is 2. The Morgan fingerprint density at radius 2 is 0.580 bits per heavy atom. The first-order valence-electron chi connectivity index (χ1n) is 36.8. The molecule has 0 bridgehead atoms. The third-order valence-electron chi connectivity index (χ3n) is 17.1. The number of nitrogens with one attached hydrogen (secondary N) is 1.